The van der Waals surface area contributed by atoms with Gasteiger partial charge < -0.3 is 15.2 Å². The lowest BCUT2D eigenvalue weighted by Gasteiger charge is -2.36. The molecule has 1 aliphatic heterocycles. The van der Waals surface area contributed by atoms with Crippen LogP contribution in [-0.2, 0) is 4.74 Å². The number of aromatic carboxylic acids is 1. The van der Waals surface area contributed by atoms with Crippen molar-refractivity contribution < 1.29 is 14.6 Å². The van der Waals surface area contributed by atoms with Gasteiger partial charge in [0, 0.05) is 18.3 Å². The first kappa shape index (κ1) is 14.2. The van der Waals surface area contributed by atoms with Crippen molar-refractivity contribution in [3.63, 3.8) is 0 Å². The van der Waals surface area contributed by atoms with E-state index in [2.05, 4.69) is 19.2 Å². The lowest BCUT2D eigenvalue weighted by Crippen LogP contribution is -2.40. The molecule has 2 N–H and O–H groups in total. The molecule has 1 unspecified atom stereocenters. The second-order valence-corrected chi connectivity index (χ2v) is 5.85. The van der Waals surface area contributed by atoms with Crippen LogP contribution in [0.1, 0.15) is 37.0 Å². The minimum Gasteiger partial charge on any atom is -0.478 e. The summed E-state index contributed by atoms with van der Waals surface area (Å²) in [6.45, 7) is 4.87. The second-order valence-electron chi connectivity index (χ2n) is 5.44. The Balaban J connectivity index is 2.07. The molecular weight excluding hydrogens is 266 g/mol. The number of rotatable bonds is 3. The van der Waals surface area contributed by atoms with Crippen molar-refractivity contribution >= 4 is 23.3 Å². The van der Waals surface area contributed by atoms with Gasteiger partial charge in [-0.2, -0.15) is 0 Å². The van der Waals surface area contributed by atoms with E-state index in [0.29, 0.717) is 6.04 Å². The van der Waals surface area contributed by atoms with Crippen LogP contribution < -0.4 is 5.32 Å². The fraction of sp³-hybridized carbons (Fsp3) is 0.500. The van der Waals surface area contributed by atoms with Gasteiger partial charge in [-0.05, 0) is 44.9 Å². The van der Waals surface area contributed by atoms with Crippen LogP contribution >= 0.6 is 11.6 Å². The number of carboxylic acid groups (broad SMARTS) is 1. The Bertz CT molecular complexity index is 488. The maximum atomic E-state index is 10.9. The number of anilines is 1. The fourth-order valence-electron chi connectivity index (χ4n) is 2.37. The zero-order valence-corrected chi connectivity index (χ0v) is 11.8. The lowest BCUT2D eigenvalue weighted by molar-refractivity contribution is -0.0553. The van der Waals surface area contributed by atoms with Crippen LogP contribution in [0.2, 0.25) is 5.02 Å². The Morgan fingerprint density at radius 2 is 2.26 bits per heavy atom. The van der Waals surface area contributed by atoms with E-state index in [0.717, 1.165) is 25.1 Å². The molecule has 2 rings (SSSR count). The molecule has 0 aromatic heterocycles. The summed E-state index contributed by atoms with van der Waals surface area (Å²) in [6.07, 6.45) is 1.84. The number of benzene rings is 1. The van der Waals surface area contributed by atoms with Crippen molar-refractivity contribution in [1.82, 2.24) is 0 Å². The molecule has 0 spiro atoms. The van der Waals surface area contributed by atoms with Gasteiger partial charge in [0.1, 0.15) is 0 Å². The number of carbonyl (C=O) groups is 1. The monoisotopic (exact) mass is 283 g/mol. The van der Waals surface area contributed by atoms with E-state index in [-0.39, 0.29) is 16.2 Å². The van der Waals surface area contributed by atoms with Crippen molar-refractivity contribution in [2.24, 2.45) is 0 Å². The van der Waals surface area contributed by atoms with E-state index in [9.17, 15) is 4.79 Å². The molecule has 0 amide bonds. The van der Waals surface area contributed by atoms with Gasteiger partial charge in [0.25, 0.3) is 0 Å². The Morgan fingerprint density at radius 1 is 1.53 bits per heavy atom. The Hall–Kier alpha value is -1.26. The maximum absolute atomic E-state index is 10.9. The lowest BCUT2D eigenvalue weighted by atomic mass is 9.94. The molecule has 1 heterocycles. The van der Waals surface area contributed by atoms with Crippen LogP contribution in [0.3, 0.4) is 0 Å². The van der Waals surface area contributed by atoms with Gasteiger partial charge in [0.2, 0.25) is 0 Å². The number of hydrogen-bond donors (Lipinski definition) is 2. The predicted octanol–water partition coefficient (Wildman–Crippen LogP) is 3.41. The summed E-state index contributed by atoms with van der Waals surface area (Å²) in [4.78, 5) is 10.9. The largest absolute Gasteiger partial charge is 0.478 e. The Labute approximate surface area is 117 Å². The van der Waals surface area contributed by atoms with E-state index in [1.165, 1.54) is 6.07 Å². The molecule has 104 valence electrons. The summed E-state index contributed by atoms with van der Waals surface area (Å²) in [5, 5.41) is 12.6. The van der Waals surface area contributed by atoms with Crippen LogP contribution in [0, 0.1) is 0 Å². The van der Waals surface area contributed by atoms with E-state index in [4.69, 9.17) is 21.4 Å². The fourth-order valence-corrected chi connectivity index (χ4v) is 2.63. The number of nitrogens with one attached hydrogen (secondary N) is 1. The van der Waals surface area contributed by atoms with Gasteiger partial charge in [-0.15, -0.1) is 0 Å². The third-order valence-electron chi connectivity index (χ3n) is 3.27. The van der Waals surface area contributed by atoms with E-state index in [1.807, 2.05) is 0 Å². The molecule has 1 fully saturated rings. The summed E-state index contributed by atoms with van der Waals surface area (Å²) in [5.74, 6) is -1.01. The normalized spacial score (nSPS) is 21.9. The third kappa shape index (κ3) is 3.61. The van der Waals surface area contributed by atoms with Gasteiger partial charge in [-0.1, -0.05) is 11.6 Å². The van der Waals surface area contributed by atoms with Crippen molar-refractivity contribution in [3.8, 4) is 0 Å². The summed E-state index contributed by atoms with van der Waals surface area (Å²) >= 11 is 5.95. The van der Waals surface area contributed by atoms with E-state index < -0.39 is 5.97 Å². The quantitative estimate of drug-likeness (QED) is 0.892. The molecule has 0 radical (unpaired) electrons. The van der Waals surface area contributed by atoms with Gasteiger partial charge >= 0.3 is 5.97 Å². The van der Waals surface area contributed by atoms with Crippen molar-refractivity contribution in [1.29, 1.82) is 0 Å². The molecule has 0 bridgehead atoms. The predicted molar refractivity (Wildman–Crippen MR) is 75.1 cm³/mol. The number of carboxylic acids is 1. The number of halogens is 1. The van der Waals surface area contributed by atoms with Crippen LogP contribution in [0.15, 0.2) is 18.2 Å². The molecule has 4 nitrogen and oxygen atoms in total. The first-order valence-corrected chi connectivity index (χ1v) is 6.68. The van der Waals surface area contributed by atoms with Crippen molar-refractivity contribution in [2.75, 3.05) is 11.9 Å². The molecule has 19 heavy (non-hydrogen) atoms. The maximum Gasteiger partial charge on any atom is 0.337 e. The first-order chi connectivity index (χ1) is 8.87. The number of hydrogen-bond acceptors (Lipinski definition) is 3. The highest BCUT2D eigenvalue weighted by Crippen LogP contribution is 2.28. The molecule has 5 heteroatoms. The van der Waals surface area contributed by atoms with Gasteiger partial charge in [-0.3, -0.25) is 0 Å². The summed E-state index contributed by atoms with van der Waals surface area (Å²) in [7, 11) is 0. The SMILES string of the molecule is CC1(C)CC(Nc2ccc(C(=O)O)c(Cl)c2)CCO1. The van der Waals surface area contributed by atoms with E-state index >= 15 is 0 Å². The average Bonchev–Trinajstić information content (AvgIpc) is 2.27. The summed E-state index contributed by atoms with van der Waals surface area (Å²) in [5.41, 5.74) is 0.845. The smallest absolute Gasteiger partial charge is 0.337 e. The van der Waals surface area contributed by atoms with E-state index in [1.54, 1.807) is 12.1 Å². The van der Waals surface area contributed by atoms with Crippen LogP contribution in [0.4, 0.5) is 5.69 Å². The summed E-state index contributed by atoms with van der Waals surface area (Å²) in [6, 6.07) is 5.25. The third-order valence-corrected chi connectivity index (χ3v) is 3.58. The van der Waals surface area contributed by atoms with Gasteiger partial charge in [0.15, 0.2) is 0 Å². The molecule has 0 saturated carbocycles. The molecule has 1 atom stereocenters. The van der Waals surface area contributed by atoms with Crippen LogP contribution in [0.5, 0.6) is 0 Å². The molecule has 1 aliphatic rings. The van der Waals surface area contributed by atoms with Crippen LogP contribution in [0.25, 0.3) is 0 Å². The first-order valence-electron chi connectivity index (χ1n) is 6.31. The molecule has 1 saturated heterocycles. The zero-order valence-electron chi connectivity index (χ0n) is 11.1. The van der Waals surface area contributed by atoms with Gasteiger partial charge in [0.05, 0.1) is 16.2 Å². The molecule has 0 aliphatic carbocycles. The van der Waals surface area contributed by atoms with Crippen molar-refractivity contribution in [3.05, 3.63) is 28.8 Å². The standard InChI is InChI=1S/C14H18ClNO3/c1-14(2)8-10(5-6-19-14)16-9-3-4-11(13(17)18)12(15)7-9/h3-4,7,10,16H,5-6,8H2,1-2H3,(H,17,18). The Morgan fingerprint density at radius 3 is 2.84 bits per heavy atom. The van der Waals surface area contributed by atoms with Crippen molar-refractivity contribution in [2.45, 2.75) is 38.3 Å². The van der Waals surface area contributed by atoms with Crippen LogP contribution in [-0.4, -0.2) is 29.3 Å². The Kier molecular flexibility index (Phi) is 4.02. The topological polar surface area (TPSA) is 58.6 Å². The highest BCUT2D eigenvalue weighted by atomic mass is 35.5. The second kappa shape index (κ2) is 5.39. The zero-order chi connectivity index (χ0) is 14.0. The summed E-state index contributed by atoms with van der Waals surface area (Å²) < 4.78 is 5.66. The average molecular weight is 284 g/mol. The minimum atomic E-state index is -1.01. The minimum absolute atomic E-state index is 0.124. The molecule has 1 aromatic rings. The highest BCUT2D eigenvalue weighted by Gasteiger charge is 2.28. The highest BCUT2D eigenvalue weighted by molar-refractivity contribution is 6.33. The molecule has 1 aromatic carbocycles. The van der Waals surface area contributed by atoms with Gasteiger partial charge in [-0.25, -0.2) is 4.79 Å². The molecular formula is C14H18ClNO3. The number of ether oxygens (including phenoxy) is 1.